The summed E-state index contributed by atoms with van der Waals surface area (Å²) in [5, 5.41) is 25.3. The zero-order chi connectivity index (χ0) is 28.4. The van der Waals surface area contributed by atoms with E-state index in [9.17, 15) is 39.0 Å². The summed E-state index contributed by atoms with van der Waals surface area (Å²) in [6, 6.07) is 0.505. The van der Waals surface area contributed by atoms with Crippen molar-refractivity contribution in [3.63, 3.8) is 0 Å². The topological polar surface area (TPSA) is 187 Å². The van der Waals surface area contributed by atoms with E-state index in [0.29, 0.717) is 11.3 Å². The second kappa shape index (κ2) is 9.28. The number of hydrogen-bond donors (Lipinski definition) is 4. The Hall–Kier alpha value is -3.64. The van der Waals surface area contributed by atoms with Crippen molar-refractivity contribution in [1.29, 1.82) is 0 Å². The predicted molar refractivity (Wildman–Crippen MR) is 133 cm³/mol. The fourth-order valence-electron chi connectivity index (χ4n) is 6.46. The first-order valence-corrected chi connectivity index (χ1v) is 12.3. The molecule has 2 saturated carbocycles. The largest absolute Gasteiger partial charge is 0.507 e. The smallest absolute Gasteiger partial charge is 0.235 e. The van der Waals surface area contributed by atoms with Crippen molar-refractivity contribution in [1.82, 2.24) is 10.2 Å². The quantitative estimate of drug-likeness (QED) is 0.330. The zero-order valence-electron chi connectivity index (χ0n) is 21.9. The van der Waals surface area contributed by atoms with Crippen LogP contribution in [0.1, 0.15) is 34.8 Å². The summed E-state index contributed by atoms with van der Waals surface area (Å²) in [5.74, 6) is -11.3. The Morgan fingerprint density at radius 1 is 1.13 bits per heavy atom. The molecule has 2 amide bonds. The molecule has 2 unspecified atom stereocenters. The average Bonchev–Trinajstić information content (AvgIpc) is 2.80. The minimum atomic E-state index is -2.77. The van der Waals surface area contributed by atoms with Crippen molar-refractivity contribution >= 4 is 40.6 Å². The zero-order valence-corrected chi connectivity index (χ0v) is 21.9. The van der Waals surface area contributed by atoms with E-state index < -0.39 is 70.1 Å². The number of fused-ring (bicyclic) bond motifs is 3. The number of carbonyl (C=O) groups is 6. The predicted octanol–water partition coefficient (Wildman–Crippen LogP) is -1.43. The summed E-state index contributed by atoms with van der Waals surface area (Å²) >= 11 is 0. The van der Waals surface area contributed by atoms with Crippen LogP contribution < -0.4 is 16.0 Å². The molecule has 0 aliphatic heterocycles. The van der Waals surface area contributed by atoms with E-state index in [0.717, 1.165) is 0 Å². The molecule has 0 spiro atoms. The van der Waals surface area contributed by atoms with Crippen LogP contribution in [0.25, 0.3) is 0 Å². The van der Waals surface area contributed by atoms with E-state index in [1.165, 1.54) is 25.9 Å². The number of phenolic OH excluding ortho intramolecular Hbond substituents is 1. The number of hydrogen-bond acceptors (Lipinski definition) is 10. The van der Waals surface area contributed by atoms with Gasteiger partial charge in [-0.15, -0.1) is 0 Å². The number of benzene rings is 1. The van der Waals surface area contributed by atoms with Gasteiger partial charge in [0.2, 0.25) is 11.8 Å². The number of rotatable bonds is 5. The molecule has 12 heteroatoms. The fraction of sp³-hybridized carbons (Fsp3) is 0.538. The molecule has 1 aromatic carbocycles. The van der Waals surface area contributed by atoms with Gasteiger partial charge in [-0.3, -0.25) is 33.7 Å². The maximum absolute atomic E-state index is 13.9. The highest BCUT2D eigenvalue weighted by Crippen LogP contribution is 2.52. The maximum Gasteiger partial charge on any atom is 0.235 e. The molecule has 38 heavy (non-hydrogen) atoms. The second-order valence-corrected chi connectivity index (χ2v) is 10.9. The third kappa shape index (κ3) is 3.81. The number of phenols is 1. The van der Waals surface area contributed by atoms with Crippen molar-refractivity contribution < 1.29 is 39.0 Å². The van der Waals surface area contributed by atoms with E-state index in [4.69, 9.17) is 5.73 Å². The van der Waals surface area contributed by atoms with Crippen LogP contribution in [0.4, 0.5) is 5.69 Å². The number of aliphatic hydroxyl groups is 1. The van der Waals surface area contributed by atoms with Crippen molar-refractivity contribution in [2.24, 2.45) is 29.4 Å². The molecule has 0 bridgehead atoms. The third-order valence-electron chi connectivity index (χ3n) is 8.13. The first-order chi connectivity index (χ1) is 17.6. The van der Waals surface area contributed by atoms with Gasteiger partial charge in [-0.25, -0.2) is 0 Å². The highest BCUT2D eigenvalue weighted by atomic mass is 16.3. The Labute approximate surface area is 219 Å². The molecule has 12 nitrogen and oxygen atoms in total. The number of likely N-dealkylation sites (N-methyl/N-ethyl adjacent to an activating group) is 1. The first kappa shape index (κ1) is 27.4. The van der Waals surface area contributed by atoms with Gasteiger partial charge in [0.25, 0.3) is 0 Å². The lowest BCUT2D eigenvalue weighted by atomic mass is 9.52. The number of ketones is 4. The minimum absolute atomic E-state index is 0.0226. The first-order valence-electron chi connectivity index (χ1n) is 12.3. The number of primary amides is 1. The SMILES string of the molecule is CC(=O)NCc1cc(N(C)C)c2c(c1O)C(=O)C1C(=O)[C@@]3(O)C(=O)C(C(N)=O)C(=O)[C@H](N(C)C)[C@H]3C[C@H]1C2. The molecule has 204 valence electrons. The molecule has 2 fully saturated rings. The van der Waals surface area contributed by atoms with Crippen LogP contribution in [0.15, 0.2) is 6.07 Å². The number of amides is 2. The number of nitrogens with one attached hydrogen (secondary N) is 1. The van der Waals surface area contributed by atoms with Crippen molar-refractivity contribution in [2.45, 2.75) is 38.0 Å². The average molecular weight is 529 g/mol. The molecule has 1 aromatic rings. The number of nitrogens with two attached hydrogens (primary N) is 1. The van der Waals surface area contributed by atoms with Crippen molar-refractivity contribution in [3.8, 4) is 5.75 Å². The summed E-state index contributed by atoms with van der Waals surface area (Å²) in [7, 11) is 6.57. The summed E-state index contributed by atoms with van der Waals surface area (Å²) in [4.78, 5) is 81.0. The Morgan fingerprint density at radius 2 is 1.76 bits per heavy atom. The number of nitrogens with zero attached hydrogens (tertiary/aromatic N) is 2. The van der Waals surface area contributed by atoms with Gasteiger partial charge in [-0.1, -0.05) is 0 Å². The van der Waals surface area contributed by atoms with E-state index >= 15 is 0 Å². The third-order valence-corrected chi connectivity index (χ3v) is 8.13. The van der Waals surface area contributed by atoms with Gasteiger partial charge in [0.05, 0.1) is 17.5 Å². The molecule has 3 aliphatic carbocycles. The van der Waals surface area contributed by atoms with Gasteiger partial charge in [-0.2, -0.15) is 0 Å². The molecule has 6 atom stereocenters. The molecule has 4 rings (SSSR count). The van der Waals surface area contributed by atoms with Crippen LogP contribution in [0.5, 0.6) is 5.75 Å². The Bertz CT molecular complexity index is 1290. The van der Waals surface area contributed by atoms with Crippen LogP contribution >= 0.6 is 0 Å². The van der Waals surface area contributed by atoms with Crippen LogP contribution in [0, 0.1) is 23.7 Å². The van der Waals surface area contributed by atoms with Crippen molar-refractivity contribution in [3.05, 3.63) is 22.8 Å². The summed E-state index contributed by atoms with van der Waals surface area (Å²) in [5.41, 5.74) is 3.81. The summed E-state index contributed by atoms with van der Waals surface area (Å²) in [6.45, 7) is 1.24. The fourth-order valence-corrected chi connectivity index (χ4v) is 6.46. The molecular formula is C26H32N4O8. The number of carbonyl (C=O) groups excluding carboxylic acids is 6. The standard InChI is InChI=1S/C26H32N4O8/c1-10(31)28-9-12-8-15(29(2)3)13-6-11-7-14-19(30(4)5)22(34)18(25(27)37)24(36)26(14,38)23(35)16(11)21(33)17(13)20(12)32/h8,11,14,16,18-19,32,38H,6-7,9H2,1-5H3,(H2,27,37)(H,28,31)/t11-,14-,16?,18?,19-,26-/m1/s1. The number of aromatic hydroxyl groups is 1. The minimum Gasteiger partial charge on any atom is -0.507 e. The van der Waals surface area contributed by atoms with E-state index in [1.54, 1.807) is 25.1 Å². The summed E-state index contributed by atoms with van der Waals surface area (Å²) in [6.07, 6.45) is 0.137. The molecule has 0 aromatic heterocycles. The monoisotopic (exact) mass is 528 g/mol. The lowest BCUT2D eigenvalue weighted by Crippen LogP contribution is -2.74. The molecule has 0 radical (unpaired) electrons. The summed E-state index contributed by atoms with van der Waals surface area (Å²) < 4.78 is 0. The van der Waals surface area contributed by atoms with Gasteiger partial charge < -0.3 is 26.2 Å². The van der Waals surface area contributed by atoms with E-state index in [-0.39, 0.29) is 36.4 Å². The number of anilines is 1. The van der Waals surface area contributed by atoms with E-state index in [1.807, 2.05) is 0 Å². The molecular weight excluding hydrogens is 496 g/mol. The molecule has 5 N–H and O–H groups in total. The lowest BCUT2D eigenvalue weighted by Gasteiger charge is -2.52. The van der Waals surface area contributed by atoms with Crippen LogP contribution in [0.3, 0.4) is 0 Å². The second-order valence-electron chi connectivity index (χ2n) is 10.9. The van der Waals surface area contributed by atoms with Crippen LogP contribution in [-0.4, -0.2) is 89.9 Å². The van der Waals surface area contributed by atoms with Crippen molar-refractivity contribution in [2.75, 3.05) is 33.1 Å². The highest BCUT2D eigenvalue weighted by molar-refractivity contribution is 6.32. The van der Waals surface area contributed by atoms with Gasteiger partial charge in [-0.05, 0) is 44.5 Å². The van der Waals surface area contributed by atoms with Gasteiger partial charge in [0.15, 0.2) is 34.7 Å². The van der Waals surface area contributed by atoms with Crippen LogP contribution in [0.2, 0.25) is 0 Å². The Balaban J connectivity index is 1.88. The lowest BCUT2D eigenvalue weighted by molar-refractivity contribution is -0.181. The highest BCUT2D eigenvalue weighted by Gasteiger charge is 2.69. The van der Waals surface area contributed by atoms with Gasteiger partial charge in [0, 0.05) is 44.7 Å². The van der Waals surface area contributed by atoms with Gasteiger partial charge >= 0.3 is 0 Å². The van der Waals surface area contributed by atoms with E-state index in [2.05, 4.69) is 5.32 Å². The Kier molecular flexibility index (Phi) is 6.69. The molecule has 0 saturated heterocycles. The Morgan fingerprint density at radius 3 is 2.29 bits per heavy atom. The van der Waals surface area contributed by atoms with Crippen LogP contribution in [-0.2, 0) is 36.9 Å². The maximum atomic E-state index is 13.9. The molecule has 0 heterocycles. The van der Waals surface area contributed by atoms with Gasteiger partial charge in [0.1, 0.15) is 5.75 Å². The number of Topliss-reactive ketones (excluding diaryl/α,β-unsaturated/α-hetero) is 4. The molecule has 3 aliphatic rings. The normalized spacial score (nSPS) is 30.4.